The Morgan fingerprint density at radius 1 is 0.896 bits per heavy atom. The summed E-state index contributed by atoms with van der Waals surface area (Å²) in [5.74, 6) is -2.44. The van der Waals surface area contributed by atoms with Crippen molar-refractivity contribution in [1.82, 2.24) is 30.0 Å². The summed E-state index contributed by atoms with van der Waals surface area (Å²) in [6.45, 7) is 4.86. The lowest BCUT2D eigenvalue weighted by Crippen LogP contribution is -2.54. The summed E-state index contributed by atoms with van der Waals surface area (Å²) in [5, 5.41) is 17.7. The number of ether oxygens (including phenoxy) is 3. The first-order chi connectivity index (χ1) is 32.3. The Kier molecular flexibility index (Phi) is 14.1. The van der Waals surface area contributed by atoms with Crippen molar-refractivity contribution >= 4 is 80.5 Å². The topological polar surface area (TPSA) is 213 Å². The second kappa shape index (κ2) is 20.3. The molecule has 1 aromatic heterocycles. The molecule has 1 unspecified atom stereocenters. The molecule has 2 fully saturated rings. The van der Waals surface area contributed by atoms with E-state index in [0.29, 0.717) is 66.0 Å². The van der Waals surface area contributed by atoms with Crippen LogP contribution in [0.15, 0.2) is 60.7 Å². The van der Waals surface area contributed by atoms with E-state index in [4.69, 9.17) is 30.8 Å². The van der Waals surface area contributed by atoms with Gasteiger partial charge in [-0.25, -0.2) is 9.37 Å². The molecule has 0 spiro atoms. The molecule has 0 bridgehead atoms. The highest BCUT2D eigenvalue weighted by Crippen LogP contribution is 2.42. The molecule has 3 aliphatic rings. The Morgan fingerprint density at radius 2 is 1.63 bits per heavy atom. The minimum atomic E-state index is -1.05. The molecular formula is C47H48ClFN8O10. The largest absolute Gasteiger partial charge is 0.508 e. The average molecular weight is 939 g/mol. The van der Waals surface area contributed by atoms with Gasteiger partial charge >= 0.3 is 0 Å². The molecule has 5 aromatic rings. The van der Waals surface area contributed by atoms with Crippen LogP contribution >= 0.6 is 11.6 Å². The first-order valence-corrected chi connectivity index (χ1v) is 22.2. The molecule has 4 aromatic carbocycles. The summed E-state index contributed by atoms with van der Waals surface area (Å²) in [4.78, 5) is 90.5. The van der Waals surface area contributed by atoms with Gasteiger partial charge in [-0.1, -0.05) is 35.9 Å². The molecule has 3 N–H and O–H groups in total. The lowest BCUT2D eigenvalue weighted by molar-refractivity contribution is -0.136. The van der Waals surface area contributed by atoms with Crippen molar-refractivity contribution in [2.45, 2.75) is 32.2 Å². The number of carbonyl (C=O) groups is 6. The number of phenols is 1. The molecule has 18 nitrogen and oxygen atoms in total. The van der Waals surface area contributed by atoms with Crippen molar-refractivity contribution in [2.24, 2.45) is 0 Å². The Balaban J connectivity index is 0.807. The monoisotopic (exact) mass is 938 g/mol. The molecule has 4 heterocycles. The van der Waals surface area contributed by atoms with Gasteiger partial charge < -0.3 is 39.3 Å². The highest BCUT2D eigenvalue weighted by Gasteiger charge is 2.44. The third-order valence-electron chi connectivity index (χ3n) is 11.9. The van der Waals surface area contributed by atoms with Gasteiger partial charge in [0.1, 0.15) is 35.5 Å². The molecule has 20 heteroatoms. The lowest BCUT2D eigenvalue weighted by atomic mass is 9.96. The van der Waals surface area contributed by atoms with Crippen molar-refractivity contribution in [3.63, 3.8) is 0 Å². The van der Waals surface area contributed by atoms with Crippen molar-refractivity contribution in [1.29, 1.82) is 0 Å². The maximum absolute atomic E-state index is 16.9. The van der Waals surface area contributed by atoms with E-state index in [-0.39, 0.29) is 110 Å². The van der Waals surface area contributed by atoms with Gasteiger partial charge in [-0.15, -0.1) is 0 Å². The van der Waals surface area contributed by atoms with Crippen molar-refractivity contribution in [3.05, 3.63) is 82.6 Å². The molecule has 3 aliphatic heterocycles. The highest BCUT2D eigenvalue weighted by molar-refractivity contribution is 6.35. The second-order valence-electron chi connectivity index (χ2n) is 16.2. The SMILES string of the molecule is CC(=O)N1CCN(c2nc(NCCC(=O)N(C)CCOCCOCCOc3ccc4c(c3)C(=O)N(C3CCC(=O)NC3=O)C4=O)nc3c(F)c(-c4cc(O)cc5ccccc45)c(Cl)cc23)CC1. The van der Waals surface area contributed by atoms with Gasteiger partial charge in [0, 0.05) is 77.0 Å². The number of anilines is 2. The van der Waals surface area contributed by atoms with Crippen LogP contribution in [0.4, 0.5) is 16.2 Å². The number of carbonyl (C=O) groups excluding carboxylic acids is 6. The number of fused-ring (bicyclic) bond motifs is 3. The number of phenolic OH excluding ortho intramolecular Hbond substituents is 1. The third kappa shape index (κ3) is 10.1. The van der Waals surface area contributed by atoms with E-state index in [1.54, 1.807) is 30.1 Å². The highest BCUT2D eigenvalue weighted by atomic mass is 35.5. The van der Waals surface area contributed by atoms with Gasteiger partial charge in [0.15, 0.2) is 5.82 Å². The zero-order valence-corrected chi connectivity index (χ0v) is 37.6. The summed E-state index contributed by atoms with van der Waals surface area (Å²) in [6.07, 6.45) is 0.170. The number of hydrogen-bond acceptors (Lipinski definition) is 14. The summed E-state index contributed by atoms with van der Waals surface area (Å²) >= 11 is 6.85. The van der Waals surface area contributed by atoms with E-state index in [0.717, 1.165) is 4.90 Å². The Labute approximate surface area is 388 Å². The molecule has 350 valence electrons. The van der Waals surface area contributed by atoms with Crippen molar-refractivity contribution in [3.8, 4) is 22.6 Å². The zero-order chi connectivity index (χ0) is 47.4. The number of aromatic nitrogens is 2. The van der Waals surface area contributed by atoms with Gasteiger partial charge in [-0.3, -0.25) is 39.0 Å². The summed E-state index contributed by atoms with van der Waals surface area (Å²) in [6, 6.07) is 15.4. The predicted molar refractivity (Wildman–Crippen MR) is 245 cm³/mol. The van der Waals surface area contributed by atoms with E-state index in [2.05, 4.69) is 15.6 Å². The molecule has 0 aliphatic carbocycles. The van der Waals surface area contributed by atoms with Crippen LogP contribution in [0.25, 0.3) is 32.8 Å². The molecular weight excluding hydrogens is 891 g/mol. The van der Waals surface area contributed by atoms with Crippen LogP contribution in [-0.2, 0) is 28.7 Å². The van der Waals surface area contributed by atoms with E-state index in [9.17, 15) is 33.9 Å². The number of aromatic hydroxyl groups is 1. The molecule has 2 saturated heterocycles. The lowest BCUT2D eigenvalue weighted by Gasteiger charge is -2.35. The first kappa shape index (κ1) is 46.6. The molecule has 1 atom stereocenters. The summed E-state index contributed by atoms with van der Waals surface area (Å²) in [7, 11) is 1.66. The number of rotatable bonds is 17. The number of hydrogen-bond donors (Lipinski definition) is 3. The zero-order valence-electron chi connectivity index (χ0n) is 36.8. The number of nitrogens with zero attached hydrogens (tertiary/aromatic N) is 6. The van der Waals surface area contributed by atoms with Gasteiger partial charge in [0.05, 0.1) is 42.6 Å². The van der Waals surface area contributed by atoms with E-state index in [1.165, 1.54) is 30.0 Å². The molecule has 6 amide bonds. The Morgan fingerprint density at radius 3 is 2.39 bits per heavy atom. The number of likely N-dealkylation sites (N-methyl/N-ethyl adjacent to an activating group) is 1. The van der Waals surface area contributed by atoms with E-state index in [1.807, 2.05) is 29.2 Å². The smallest absolute Gasteiger partial charge is 0.262 e. The fourth-order valence-electron chi connectivity index (χ4n) is 8.36. The summed E-state index contributed by atoms with van der Waals surface area (Å²) < 4.78 is 33.9. The fraction of sp³-hybridized carbons (Fsp3) is 0.362. The second-order valence-corrected chi connectivity index (χ2v) is 16.6. The Bertz CT molecular complexity index is 2790. The number of imide groups is 2. The van der Waals surface area contributed by atoms with Crippen LogP contribution < -0.4 is 20.3 Å². The minimum absolute atomic E-state index is 0.00234. The number of piperazine rings is 1. The van der Waals surface area contributed by atoms with E-state index >= 15 is 4.39 Å². The van der Waals surface area contributed by atoms with Gasteiger partial charge in [-0.2, -0.15) is 4.98 Å². The molecule has 0 radical (unpaired) electrons. The quantitative estimate of drug-likeness (QED) is 0.0872. The maximum Gasteiger partial charge on any atom is 0.262 e. The number of halogens is 2. The first-order valence-electron chi connectivity index (χ1n) is 21.8. The molecule has 67 heavy (non-hydrogen) atoms. The van der Waals surface area contributed by atoms with Gasteiger partial charge in [0.25, 0.3) is 11.8 Å². The van der Waals surface area contributed by atoms with Crippen LogP contribution in [0.1, 0.15) is 46.9 Å². The Hall–Kier alpha value is -6.96. The number of amides is 6. The average Bonchev–Trinajstić information content (AvgIpc) is 3.55. The van der Waals surface area contributed by atoms with Crippen LogP contribution in [-0.4, -0.2) is 151 Å². The van der Waals surface area contributed by atoms with Gasteiger partial charge in [-0.05, 0) is 59.2 Å². The van der Waals surface area contributed by atoms with E-state index < -0.39 is 35.5 Å². The summed E-state index contributed by atoms with van der Waals surface area (Å²) in [5.41, 5.74) is 0.751. The molecule has 0 saturated carbocycles. The van der Waals surface area contributed by atoms with Crippen molar-refractivity contribution < 1.29 is 52.5 Å². The van der Waals surface area contributed by atoms with Crippen LogP contribution in [0.2, 0.25) is 5.02 Å². The number of benzene rings is 4. The normalized spacial score (nSPS) is 16.2. The van der Waals surface area contributed by atoms with Crippen LogP contribution in [0, 0.1) is 5.82 Å². The minimum Gasteiger partial charge on any atom is -0.508 e. The molecule has 8 rings (SSSR count). The van der Waals surface area contributed by atoms with Crippen molar-refractivity contribution in [2.75, 3.05) is 89.6 Å². The maximum atomic E-state index is 16.9. The van der Waals surface area contributed by atoms with Gasteiger partial charge in [0.2, 0.25) is 29.6 Å². The number of piperidine rings is 1. The number of nitrogens with one attached hydrogen (secondary N) is 2. The van der Waals surface area contributed by atoms with Crippen LogP contribution in [0.3, 0.4) is 0 Å². The predicted octanol–water partition coefficient (Wildman–Crippen LogP) is 4.39. The fourth-order valence-corrected chi connectivity index (χ4v) is 8.65. The third-order valence-corrected chi connectivity index (χ3v) is 12.2. The standard InChI is InChI=1S/C47H48ClFN8O10/c1-27(58)55-13-15-56(16-14-55)43-35-26-36(48)40(33-24-29(59)23-28-5-3-4-6-31(28)33)41(49)42(35)52-47(53-43)50-12-11-39(61)54(2)17-18-65-19-20-66-21-22-67-30-7-8-32-34(25-30)46(64)57(45(32)63)37-9-10-38(60)51-44(37)62/h3-8,23-26,37,59H,9-22H2,1-2H3,(H,50,52,53)(H,51,60,62). The van der Waals surface area contributed by atoms with Crippen LogP contribution in [0.5, 0.6) is 11.5 Å².